The number of nitrogens with one attached hydrogen (secondary N) is 1. The van der Waals surface area contributed by atoms with Crippen molar-refractivity contribution >= 4 is 21.6 Å². The average Bonchev–Trinajstić information content (AvgIpc) is 2.55. The molecule has 1 atom stereocenters. The topological polar surface area (TPSA) is 24.5 Å². The van der Waals surface area contributed by atoms with Crippen LogP contribution in [0.1, 0.15) is 11.6 Å². The van der Waals surface area contributed by atoms with E-state index >= 15 is 0 Å². The Kier molecular flexibility index (Phi) is 4.46. The summed E-state index contributed by atoms with van der Waals surface area (Å²) in [4.78, 5) is 2.45. The third-order valence-corrected chi connectivity index (χ3v) is 4.51. The fourth-order valence-electron chi connectivity index (χ4n) is 2.82. The molecule has 0 aromatic heterocycles. The van der Waals surface area contributed by atoms with Crippen LogP contribution in [0.3, 0.4) is 0 Å². The van der Waals surface area contributed by atoms with Gasteiger partial charge in [0.15, 0.2) is 0 Å². The molecule has 110 valence electrons. The third-order valence-electron chi connectivity index (χ3n) is 3.89. The van der Waals surface area contributed by atoms with Crippen molar-refractivity contribution in [3.05, 3.63) is 58.6 Å². The first-order valence-corrected chi connectivity index (χ1v) is 7.95. The van der Waals surface area contributed by atoms with Gasteiger partial charge in [0.05, 0.1) is 17.6 Å². The van der Waals surface area contributed by atoms with E-state index in [0.29, 0.717) is 6.04 Å². The van der Waals surface area contributed by atoms with Gasteiger partial charge in [0.2, 0.25) is 0 Å². The van der Waals surface area contributed by atoms with Gasteiger partial charge in [0.25, 0.3) is 0 Å². The Morgan fingerprint density at radius 2 is 2.00 bits per heavy atom. The van der Waals surface area contributed by atoms with Crippen LogP contribution in [0.15, 0.2) is 53.0 Å². The van der Waals surface area contributed by atoms with Gasteiger partial charge in [-0.25, -0.2) is 0 Å². The predicted octanol–water partition coefficient (Wildman–Crippen LogP) is 3.61. The molecule has 1 unspecified atom stereocenters. The number of hydrogen-bond donors (Lipinski definition) is 1. The normalized spacial score (nSPS) is 18.6. The Morgan fingerprint density at radius 1 is 1.19 bits per heavy atom. The standard InChI is InChI=1S/C17H19BrN2O/c1-21-17-8-7-14(11-15(17)18)20-10-9-19-12-16(20)13-5-3-2-4-6-13/h2-8,11,16,19H,9-10,12H2,1H3. The summed E-state index contributed by atoms with van der Waals surface area (Å²) < 4.78 is 6.31. The van der Waals surface area contributed by atoms with Crippen LogP contribution < -0.4 is 15.0 Å². The fraction of sp³-hybridized carbons (Fsp3) is 0.294. The molecule has 1 fully saturated rings. The lowest BCUT2D eigenvalue weighted by Gasteiger charge is -2.38. The van der Waals surface area contributed by atoms with Crippen LogP contribution in [0.5, 0.6) is 5.75 Å². The van der Waals surface area contributed by atoms with E-state index < -0.39 is 0 Å². The molecule has 1 aliphatic heterocycles. The number of anilines is 1. The van der Waals surface area contributed by atoms with Gasteiger partial charge in [-0.3, -0.25) is 0 Å². The van der Waals surface area contributed by atoms with Gasteiger partial charge in [0.1, 0.15) is 5.75 Å². The second kappa shape index (κ2) is 6.50. The van der Waals surface area contributed by atoms with Crippen LogP contribution in [0.25, 0.3) is 0 Å². The number of rotatable bonds is 3. The summed E-state index contributed by atoms with van der Waals surface area (Å²) in [6.45, 7) is 2.97. The van der Waals surface area contributed by atoms with Crippen LogP contribution in [0.4, 0.5) is 5.69 Å². The van der Waals surface area contributed by atoms with E-state index in [-0.39, 0.29) is 0 Å². The number of hydrogen-bond acceptors (Lipinski definition) is 3. The number of benzene rings is 2. The van der Waals surface area contributed by atoms with Gasteiger partial charge >= 0.3 is 0 Å². The van der Waals surface area contributed by atoms with E-state index in [1.165, 1.54) is 11.3 Å². The first-order chi connectivity index (χ1) is 10.3. The van der Waals surface area contributed by atoms with E-state index in [2.05, 4.69) is 68.6 Å². The first kappa shape index (κ1) is 14.4. The summed E-state index contributed by atoms with van der Waals surface area (Å²) >= 11 is 3.58. The molecule has 0 amide bonds. The largest absolute Gasteiger partial charge is 0.496 e. The zero-order chi connectivity index (χ0) is 14.7. The molecule has 1 aliphatic rings. The SMILES string of the molecule is COc1ccc(N2CCNCC2c2ccccc2)cc1Br. The maximum Gasteiger partial charge on any atom is 0.133 e. The zero-order valence-corrected chi connectivity index (χ0v) is 13.6. The van der Waals surface area contributed by atoms with Gasteiger partial charge < -0.3 is 15.0 Å². The van der Waals surface area contributed by atoms with Crippen molar-refractivity contribution < 1.29 is 4.74 Å². The molecular weight excluding hydrogens is 328 g/mol. The molecule has 4 heteroatoms. The van der Waals surface area contributed by atoms with Gasteiger partial charge in [-0.2, -0.15) is 0 Å². The smallest absolute Gasteiger partial charge is 0.133 e. The highest BCUT2D eigenvalue weighted by atomic mass is 79.9. The number of halogens is 1. The quantitative estimate of drug-likeness (QED) is 0.918. The molecule has 1 N–H and O–H groups in total. The maximum absolute atomic E-state index is 5.32. The molecule has 1 heterocycles. The summed E-state index contributed by atoms with van der Waals surface area (Å²) in [5, 5.41) is 3.49. The summed E-state index contributed by atoms with van der Waals surface area (Å²) in [6.07, 6.45) is 0. The Labute approximate surface area is 134 Å². The molecule has 3 nitrogen and oxygen atoms in total. The minimum absolute atomic E-state index is 0.361. The Bertz CT molecular complexity index is 603. The minimum atomic E-state index is 0.361. The molecule has 1 saturated heterocycles. The predicted molar refractivity (Wildman–Crippen MR) is 90.1 cm³/mol. The van der Waals surface area contributed by atoms with E-state index in [1.807, 2.05) is 6.07 Å². The van der Waals surface area contributed by atoms with Crippen LogP contribution in [-0.2, 0) is 0 Å². The van der Waals surface area contributed by atoms with Crippen molar-refractivity contribution in [3.8, 4) is 5.75 Å². The van der Waals surface area contributed by atoms with Crippen LogP contribution in [0.2, 0.25) is 0 Å². The maximum atomic E-state index is 5.32. The average molecular weight is 347 g/mol. The summed E-state index contributed by atoms with van der Waals surface area (Å²) in [7, 11) is 1.69. The van der Waals surface area contributed by atoms with Gasteiger partial charge in [-0.15, -0.1) is 0 Å². The molecule has 0 spiro atoms. The van der Waals surface area contributed by atoms with Crippen molar-refractivity contribution in [1.82, 2.24) is 5.32 Å². The van der Waals surface area contributed by atoms with Crippen molar-refractivity contribution in [3.63, 3.8) is 0 Å². The molecular formula is C17H19BrN2O. The van der Waals surface area contributed by atoms with Crippen LogP contribution >= 0.6 is 15.9 Å². The second-order valence-electron chi connectivity index (χ2n) is 5.14. The lowest BCUT2D eigenvalue weighted by molar-refractivity contribution is 0.412. The Balaban J connectivity index is 1.92. The molecule has 2 aromatic carbocycles. The summed E-state index contributed by atoms with van der Waals surface area (Å²) in [5.74, 6) is 0.866. The summed E-state index contributed by atoms with van der Waals surface area (Å²) in [5.41, 5.74) is 2.56. The first-order valence-electron chi connectivity index (χ1n) is 7.15. The second-order valence-corrected chi connectivity index (χ2v) is 6.00. The van der Waals surface area contributed by atoms with Crippen molar-refractivity contribution in [1.29, 1.82) is 0 Å². The lowest BCUT2D eigenvalue weighted by atomic mass is 10.0. The van der Waals surface area contributed by atoms with Crippen molar-refractivity contribution in [2.24, 2.45) is 0 Å². The van der Waals surface area contributed by atoms with E-state index in [1.54, 1.807) is 7.11 Å². The monoisotopic (exact) mass is 346 g/mol. The van der Waals surface area contributed by atoms with Crippen molar-refractivity contribution in [2.75, 3.05) is 31.6 Å². The minimum Gasteiger partial charge on any atom is -0.496 e. The highest BCUT2D eigenvalue weighted by molar-refractivity contribution is 9.10. The van der Waals surface area contributed by atoms with Gasteiger partial charge in [0, 0.05) is 25.3 Å². The van der Waals surface area contributed by atoms with Gasteiger partial charge in [-0.05, 0) is 39.7 Å². The van der Waals surface area contributed by atoms with E-state index in [0.717, 1.165) is 29.9 Å². The molecule has 0 aliphatic carbocycles. The number of piperazine rings is 1. The molecule has 0 radical (unpaired) electrons. The van der Waals surface area contributed by atoms with Crippen LogP contribution in [0, 0.1) is 0 Å². The molecule has 21 heavy (non-hydrogen) atoms. The van der Waals surface area contributed by atoms with Crippen LogP contribution in [-0.4, -0.2) is 26.7 Å². The molecule has 2 aromatic rings. The third kappa shape index (κ3) is 3.06. The Hall–Kier alpha value is -1.52. The number of ether oxygens (including phenoxy) is 1. The molecule has 3 rings (SSSR count). The van der Waals surface area contributed by atoms with Crippen molar-refractivity contribution in [2.45, 2.75) is 6.04 Å². The number of methoxy groups -OCH3 is 1. The van der Waals surface area contributed by atoms with E-state index in [4.69, 9.17) is 4.74 Å². The highest BCUT2D eigenvalue weighted by Crippen LogP contribution is 2.34. The molecule has 0 saturated carbocycles. The number of nitrogens with zero attached hydrogens (tertiary/aromatic N) is 1. The van der Waals surface area contributed by atoms with E-state index in [9.17, 15) is 0 Å². The van der Waals surface area contributed by atoms with Gasteiger partial charge in [-0.1, -0.05) is 30.3 Å². The highest BCUT2D eigenvalue weighted by Gasteiger charge is 2.24. The summed E-state index contributed by atoms with van der Waals surface area (Å²) in [6, 6.07) is 17.3. The fourth-order valence-corrected chi connectivity index (χ4v) is 3.35. The zero-order valence-electron chi connectivity index (χ0n) is 12.1. The lowest BCUT2D eigenvalue weighted by Crippen LogP contribution is -2.46. The molecule has 0 bridgehead atoms. The Morgan fingerprint density at radius 3 is 2.71 bits per heavy atom.